The number of hydrogen-bond acceptors (Lipinski definition) is 7. The van der Waals surface area contributed by atoms with Gasteiger partial charge in [-0.3, -0.25) is 0 Å². The predicted octanol–water partition coefficient (Wildman–Crippen LogP) is 10.0. The third-order valence-corrected chi connectivity index (χ3v) is 12.7. The van der Waals surface area contributed by atoms with Crippen LogP contribution >= 0.6 is 0 Å². The molecule has 0 bridgehead atoms. The molecule has 2 unspecified atom stereocenters. The van der Waals surface area contributed by atoms with Crippen molar-refractivity contribution in [3.8, 4) is 0 Å². The summed E-state index contributed by atoms with van der Waals surface area (Å²) in [4.78, 5) is 14.0. The van der Waals surface area contributed by atoms with E-state index in [4.69, 9.17) is 6.58 Å². The van der Waals surface area contributed by atoms with Gasteiger partial charge in [0.15, 0.2) is 0 Å². The minimum absolute atomic E-state index is 0.246. The Morgan fingerprint density at radius 2 is 1.82 bits per heavy atom. The van der Waals surface area contributed by atoms with E-state index in [2.05, 4.69) is 153 Å². The molecule has 1 aromatic carbocycles. The maximum absolute atomic E-state index is 4.74. The first kappa shape index (κ1) is 42.2. The van der Waals surface area contributed by atoms with Gasteiger partial charge in [0.25, 0.3) is 0 Å². The van der Waals surface area contributed by atoms with Gasteiger partial charge < -0.3 is 35.2 Å². The Balaban J connectivity index is 1.26. The number of rotatable bonds is 17. The van der Waals surface area contributed by atoms with Crippen molar-refractivity contribution in [3.05, 3.63) is 143 Å². The standard InChI is InChI=1S/C49H69N7/c1-13-45(36(6)34(4)24-28-50-10)40-17-19-42(20-18-40)53(11)38(8)46(14-2)49(25-29-51-15-3)54(12)43-26-30-55(31-27-43)44-21-22-47-39(9)56(33-41(47)32-44)48-23-16-35(5)52-37(48)7/h13,15,17-19,21-22,32,42-43,48,51-52H,3,5,7-10,14,16,20,23-31,33H2,1-2,4,6,11-12H3/b36-34+,45-13+,49-46-. The van der Waals surface area contributed by atoms with Gasteiger partial charge in [0.05, 0.1) is 12.1 Å². The van der Waals surface area contributed by atoms with Crippen molar-refractivity contribution in [1.29, 1.82) is 0 Å². The highest BCUT2D eigenvalue weighted by atomic mass is 15.2. The molecule has 2 saturated heterocycles. The van der Waals surface area contributed by atoms with Crippen LogP contribution in [0.3, 0.4) is 0 Å². The zero-order valence-electron chi connectivity index (χ0n) is 35.5. The van der Waals surface area contributed by atoms with Crippen molar-refractivity contribution in [2.45, 2.75) is 104 Å². The average molecular weight is 756 g/mol. The van der Waals surface area contributed by atoms with Crippen LogP contribution < -0.4 is 15.5 Å². The Kier molecular flexibility index (Phi) is 14.6. The van der Waals surface area contributed by atoms with E-state index in [-0.39, 0.29) is 12.1 Å². The Bertz CT molecular complexity index is 1840. The van der Waals surface area contributed by atoms with E-state index >= 15 is 0 Å². The van der Waals surface area contributed by atoms with Crippen LogP contribution in [0.2, 0.25) is 0 Å². The Hall–Kier alpha value is -4.91. The first-order chi connectivity index (χ1) is 26.9. The second-order valence-electron chi connectivity index (χ2n) is 15.9. The summed E-state index contributed by atoms with van der Waals surface area (Å²) in [6, 6.07) is 7.93. The first-order valence-corrected chi connectivity index (χ1v) is 20.8. The van der Waals surface area contributed by atoms with Gasteiger partial charge in [0, 0.05) is 99.0 Å². The molecule has 0 spiro atoms. The summed E-state index contributed by atoms with van der Waals surface area (Å²) in [6.45, 7) is 38.6. The van der Waals surface area contributed by atoms with Crippen LogP contribution in [0.15, 0.2) is 137 Å². The monoisotopic (exact) mass is 756 g/mol. The van der Waals surface area contributed by atoms with Crippen molar-refractivity contribution < 1.29 is 0 Å². The number of fused-ring (bicyclic) bond motifs is 1. The number of nitrogens with one attached hydrogen (secondary N) is 2. The fraction of sp³-hybridized carbons (Fsp3) is 0.449. The third kappa shape index (κ3) is 9.37. The van der Waals surface area contributed by atoms with Crippen LogP contribution in [0.25, 0.3) is 5.70 Å². The van der Waals surface area contributed by atoms with Gasteiger partial charge in [0.1, 0.15) is 0 Å². The van der Waals surface area contributed by atoms with Crippen LogP contribution in [0.4, 0.5) is 5.69 Å². The molecule has 5 rings (SSSR count). The van der Waals surface area contributed by atoms with Crippen molar-refractivity contribution >= 4 is 18.1 Å². The Morgan fingerprint density at radius 1 is 1.07 bits per heavy atom. The molecular formula is C49H69N7. The molecule has 0 radical (unpaired) electrons. The van der Waals surface area contributed by atoms with Crippen LogP contribution in [-0.2, 0) is 6.54 Å². The first-order valence-electron chi connectivity index (χ1n) is 20.8. The molecule has 0 aromatic heterocycles. The SMILES string of the molecule is C=CNCC/C(=C(\CC)C(=C)N(C)C1C=CC(C(=C/C)/C(C)=C(\C)CCN=C)=CC1)N(C)C1CCN(c2ccc3c(c2)CN(C2CCC(=C)NC2=C)C3=C)CC1. The smallest absolute Gasteiger partial charge is 0.0693 e. The maximum atomic E-state index is 4.74. The van der Waals surface area contributed by atoms with Crippen molar-refractivity contribution in [2.75, 3.05) is 45.2 Å². The van der Waals surface area contributed by atoms with Gasteiger partial charge in [-0.2, -0.15) is 0 Å². The molecule has 7 heteroatoms. The zero-order valence-corrected chi connectivity index (χ0v) is 35.5. The summed E-state index contributed by atoms with van der Waals surface area (Å²) < 4.78 is 0. The molecule has 300 valence electrons. The number of aliphatic imine (C=N–C) groups is 1. The van der Waals surface area contributed by atoms with Gasteiger partial charge >= 0.3 is 0 Å². The number of allylic oxidation sites excluding steroid dienone is 7. The molecule has 1 aliphatic carbocycles. The normalized spacial score (nSPS) is 21.1. The van der Waals surface area contributed by atoms with E-state index in [9.17, 15) is 0 Å². The third-order valence-electron chi connectivity index (χ3n) is 12.7. The van der Waals surface area contributed by atoms with Gasteiger partial charge in [-0.05, 0) is 119 Å². The summed E-state index contributed by atoms with van der Waals surface area (Å²) in [5, 5.41) is 6.76. The van der Waals surface area contributed by atoms with Crippen LogP contribution in [0.1, 0.15) is 90.2 Å². The molecule has 2 fully saturated rings. The number of nitrogens with zero attached hydrogens (tertiary/aromatic N) is 5. The molecule has 0 amide bonds. The van der Waals surface area contributed by atoms with Gasteiger partial charge in [-0.15, -0.1) is 0 Å². The van der Waals surface area contributed by atoms with E-state index in [1.807, 2.05) is 0 Å². The molecule has 4 aliphatic rings. The van der Waals surface area contributed by atoms with E-state index < -0.39 is 0 Å². The molecule has 2 atom stereocenters. The summed E-state index contributed by atoms with van der Waals surface area (Å²) in [5.41, 5.74) is 16.3. The lowest BCUT2D eigenvalue weighted by atomic mass is 9.89. The van der Waals surface area contributed by atoms with Gasteiger partial charge in [-0.25, -0.2) is 0 Å². The molecule has 2 N–H and O–H groups in total. The molecule has 1 aromatic rings. The lowest BCUT2D eigenvalue weighted by Crippen LogP contribution is -2.44. The second kappa shape index (κ2) is 19.3. The molecule has 0 saturated carbocycles. The summed E-state index contributed by atoms with van der Waals surface area (Å²) in [6.07, 6.45) is 19.0. The molecule has 7 nitrogen and oxygen atoms in total. The largest absolute Gasteiger partial charge is 0.391 e. The quantitative estimate of drug-likeness (QED) is 0.0939. The van der Waals surface area contributed by atoms with Crippen LogP contribution in [-0.4, -0.2) is 79.8 Å². The van der Waals surface area contributed by atoms with Crippen molar-refractivity contribution in [3.63, 3.8) is 0 Å². The molecule has 3 heterocycles. The summed E-state index contributed by atoms with van der Waals surface area (Å²) >= 11 is 0. The Labute approximate surface area is 339 Å². The summed E-state index contributed by atoms with van der Waals surface area (Å²) in [5.74, 6) is 0. The number of benzene rings is 1. The lowest BCUT2D eigenvalue weighted by molar-refractivity contribution is 0.245. The minimum Gasteiger partial charge on any atom is -0.391 e. The minimum atomic E-state index is 0.246. The van der Waals surface area contributed by atoms with Gasteiger partial charge in [0.2, 0.25) is 0 Å². The van der Waals surface area contributed by atoms with E-state index in [0.29, 0.717) is 6.04 Å². The number of likely N-dealkylation sites (N-methyl/N-ethyl adjacent to an activating group) is 1. The zero-order chi connectivity index (χ0) is 40.5. The summed E-state index contributed by atoms with van der Waals surface area (Å²) in [7, 11) is 4.52. The average Bonchev–Trinajstić information content (AvgIpc) is 3.54. The molecule has 3 aliphatic heterocycles. The number of anilines is 1. The highest BCUT2D eigenvalue weighted by molar-refractivity contribution is 5.72. The number of hydrogen-bond donors (Lipinski definition) is 2. The molecular weight excluding hydrogens is 687 g/mol. The Morgan fingerprint density at radius 3 is 2.45 bits per heavy atom. The fourth-order valence-corrected chi connectivity index (χ4v) is 9.04. The van der Waals surface area contributed by atoms with E-state index in [1.54, 1.807) is 6.20 Å². The predicted molar refractivity (Wildman–Crippen MR) is 242 cm³/mol. The van der Waals surface area contributed by atoms with Crippen molar-refractivity contribution in [1.82, 2.24) is 25.3 Å². The maximum Gasteiger partial charge on any atom is 0.0693 e. The highest BCUT2D eigenvalue weighted by Crippen LogP contribution is 2.40. The van der Waals surface area contributed by atoms with Crippen LogP contribution in [0, 0.1) is 0 Å². The second-order valence-corrected chi connectivity index (χ2v) is 15.9. The van der Waals surface area contributed by atoms with Gasteiger partial charge in [-0.1, -0.05) is 75.8 Å². The van der Waals surface area contributed by atoms with E-state index in [1.165, 1.54) is 50.4 Å². The lowest BCUT2D eigenvalue weighted by Gasteiger charge is -2.41. The van der Waals surface area contributed by atoms with Crippen LogP contribution in [0.5, 0.6) is 0 Å². The topological polar surface area (TPSA) is 49.4 Å². The molecule has 56 heavy (non-hydrogen) atoms. The number of piperidine rings is 2. The van der Waals surface area contributed by atoms with E-state index in [0.717, 1.165) is 107 Å². The fourth-order valence-electron chi connectivity index (χ4n) is 9.04. The highest BCUT2D eigenvalue weighted by Gasteiger charge is 2.33. The van der Waals surface area contributed by atoms with Crippen molar-refractivity contribution in [2.24, 2.45) is 4.99 Å².